The molecule has 2 aromatic carbocycles. The van der Waals surface area contributed by atoms with E-state index in [0.29, 0.717) is 31.7 Å². The van der Waals surface area contributed by atoms with Crippen LogP contribution < -0.4 is 4.90 Å². The summed E-state index contributed by atoms with van der Waals surface area (Å²) in [5.74, 6) is -0.0661. The Morgan fingerprint density at radius 1 is 0.943 bits per heavy atom. The van der Waals surface area contributed by atoms with Gasteiger partial charge in [-0.1, -0.05) is 37.3 Å². The number of carbonyl (C=O) groups excluding carboxylic acids is 1. The number of hydrogen-bond donors (Lipinski definition) is 0. The Morgan fingerprint density at radius 3 is 2.11 bits per heavy atom. The standard InChI is InChI=1S/C26H34N4O3S2/c1-5-13-30(14-6-2)35(32,33)22-11-9-21(10-12-22)25(31)28-15-17-29(18-16-28)26-27-23-19(3)7-8-20(4)24(23)34-26/h7-12H,5-6,13-18H2,1-4H3. The summed E-state index contributed by atoms with van der Waals surface area (Å²) in [6.07, 6.45) is 1.52. The van der Waals surface area contributed by atoms with E-state index in [4.69, 9.17) is 4.98 Å². The molecule has 188 valence electrons. The van der Waals surface area contributed by atoms with Gasteiger partial charge in [0.25, 0.3) is 5.91 Å². The summed E-state index contributed by atoms with van der Waals surface area (Å²) in [5.41, 5.74) is 4.00. The number of nitrogens with zero attached hydrogens (tertiary/aromatic N) is 4. The minimum absolute atomic E-state index is 0.0661. The normalized spacial score (nSPS) is 14.8. The van der Waals surface area contributed by atoms with E-state index in [1.807, 2.05) is 18.7 Å². The highest BCUT2D eigenvalue weighted by molar-refractivity contribution is 7.89. The third-order valence-corrected chi connectivity index (χ3v) is 9.62. The minimum atomic E-state index is -3.55. The van der Waals surface area contributed by atoms with Crippen LogP contribution in [-0.2, 0) is 10.0 Å². The van der Waals surface area contributed by atoms with Gasteiger partial charge < -0.3 is 9.80 Å². The van der Waals surface area contributed by atoms with E-state index in [1.54, 1.807) is 35.6 Å². The fourth-order valence-electron chi connectivity index (χ4n) is 4.44. The van der Waals surface area contributed by atoms with Gasteiger partial charge in [0.15, 0.2) is 5.13 Å². The van der Waals surface area contributed by atoms with Gasteiger partial charge in [0.2, 0.25) is 10.0 Å². The number of fused-ring (bicyclic) bond motifs is 1. The van der Waals surface area contributed by atoms with Gasteiger partial charge >= 0.3 is 0 Å². The Balaban J connectivity index is 1.42. The van der Waals surface area contributed by atoms with Crippen LogP contribution in [0, 0.1) is 13.8 Å². The monoisotopic (exact) mass is 514 g/mol. The molecule has 1 aliphatic heterocycles. The van der Waals surface area contributed by atoms with Crippen molar-refractivity contribution in [1.82, 2.24) is 14.2 Å². The highest BCUT2D eigenvalue weighted by Gasteiger charge is 2.26. The number of carbonyl (C=O) groups is 1. The number of aromatic nitrogens is 1. The molecule has 3 aromatic rings. The molecule has 4 rings (SSSR count). The van der Waals surface area contributed by atoms with Gasteiger partial charge in [-0.25, -0.2) is 13.4 Å². The van der Waals surface area contributed by atoms with E-state index in [0.717, 1.165) is 36.6 Å². The van der Waals surface area contributed by atoms with Crippen LogP contribution in [0.1, 0.15) is 48.2 Å². The van der Waals surface area contributed by atoms with E-state index in [9.17, 15) is 13.2 Å². The molecular formula is C26H34N4O3S2. The lowest BCUT2D eigenvalue weighted by Gasteiger charge is -2.34. The van der Waals surface area contributed by atoms with Gasteiger partial charge in [0.1, 0.15) is 0 Å². The first-order chi connectivity index (χ1) is 16.8. The molecule has 1 fully saturated rings. The predicted octanol–water partition coefficient (Wildman–Crippen LogP) is 4.69. The summed E-state index contributed by atoms with van der Waals surface area (Å²) in [4.78, 5) is 22.3. The molecule has 1 saturated heterocycles. The van der Waals surface area contributed by atoms with Gasteiger partial charge in [-0.05, 0) is 62.1 Å². The summed E-state index contributed by atoms with van der Waals surface area (Å²) in [6.45, 7) is 11.8. The van der Waals surface area contributed by atoms with Crippen molar-refractivity contribution in [1.29, 1.82) is 0 Å². The Labute approximate surface area is 212 Å². The van der Waals surface area contributed by atoms with Crippen molar-refractivity contribution in [2.45, 2.75) is 45.4 Å². The van der Waals surface area contributed by atoms with Crippen molar-refractivity contribution in [3.05, 3.63) is 53.1 Å². The van der Waals surface area contributed by atoms with Crippen LogP contribution in [0.25, 0.3) is 10.2 Å². The molecular weight excluding hydrogens is 480 g/mol. The number of piperazine rings is 1. The number of anilines is 1. The van der Waals surface area contributed by atoms with Gasteiger partial charge in [-0.2, -0.15) is 4.31 Å². The molecule has 0 aliphatic carbocycles. The molecule has 0 bridgehead atoms. The average Bonchev–Trinajstić information content (AvgIpc) is 3.33. The average molecular weight is 515 g/mol. The first-order valence-corrected chi connectivity index (χ1v) is 14.5. The Morgan fingerprint density at radius 2 is 1.54 bits per heavy atom. The lowest BCUT2D eigenvalue weighted by atomic mass is 10.1. The molecule has 0 saturated carbocycles. The summed E-state index contributed by atoms with van der Waals surface area (Å²) in [7, 11) is -3.55. The molecule has 0 unspecified atom stereocenters. The second-order valence-electron chi connectivity index (χ2n) is 9.08. The van der Waals surface area contributed by atoms with Crippen molar-refractivity contribution in [3.63, 3.8) is 0 Å². The Hall–Kier alpha value is -2.49. The highest BCUT2D eigenvalue weighted by atomic mass is 32.2. The van der Waals surface area contributed by atoms with Gasteiger partial charge in [0, 0.05) is 44.8 Å². The van der Waals surface area contributed by atoms with Crippen LogP contribution in [-0.4, -0.2) is 67.8 Å². The van der Waals surface area contributed by atoms with E-state index in [-0.39, 0.29) is 10.8 Å². The highest BCUT2D eigenvalue weighted by Crippen LogP contribution is 2.33. The molecule has 1 amide bonds. The second-order valence-corrected chi connectivity index (χ2v) is 12.0. The molecule has 0 radical (unpaired) electrons. The topological polar surface area (TPSA) is 73.8 Å². The largest absolute Gasteiger partial charge is 0.345 e. The second kappa shape index (κ2) is 10.6. The van der Waals surface area contributed by atoms with Gasteiger partial charge in [-0.3, -0.25) is 4.79 Å². The van der Waals surface area contributed by atoms with Crippen LogP contribution in [0.4, 0.5) is 5.13 Å². The first kappa shape index (κ1) is 25.6. The summed E-state index contributed by atoms with van der Waals surface area (Å²) in [6, 6.07) is 10.6. The van der Waals surface area contributed by atoms with E-state index >= 15 is 0 Å². The van der Waals surface area contributed by atoms with Crippen LogP contribution in [0.15, 0.2) is 41.3 Å². The summed E-state index contributed by atoms with van der Waals surface area (Å²) < 4.78 is 28.7. The van der Waals surface area contributed by atoms with Crippen molar-refractivity contribution >= 4 is 42.6 Å². The summed E-state index contributed by atoms with van der Waals surface area (Å²) >= 11 is 1.71. The lowest BCUT2D eigenvalue weighted by Crippen LogP contribution is -2.48. The van der Waals surface area contributed by atoms with E-state index in [1.165, 1.54) is 20.1 Å². The number of sulfonamides is 1. The first-order valence-electron chi connectivity index (χ1n) is 12.3. The number of thiazole rings is 1. The van der Waals surface area contributed by atoms with Crippen molar-refractivity contribution in [3.8, 4) is 0 Å². The number of rotatable bonds is 8. The molecule has 1 aliphatic rings. The maximum absolute atomic E-state index is 13.1. The molecule has 0 N–H and O–H groups in total. The molecule has 7 nitrogen and oxygen atoms in total. The zero-order chi connectivity index (χ0) is 25.2. The zero-order valence-electron chi connectivity index (χ0n) is 21.0. The molecule has 1 aromatic heterocycles. The van der Waals surface area contributed by atoms with E-state index < -0.39 is 10.0 Å². The lowest BCUT2D eigenvalue weighted by molar-refractivity contribution is 0.0746. The van der Waals surface area contributed by atoms with Crippen molar-refractivity contribution in [2.24, 2.45) is 0 Å². The van der Waals surface area contributed by atoms with Crippen LogP contribution in [0.5, 0.6) is 0 Å². The third-order valence-electron chi connectivity index (χ3n) is 6.45. The molecule has 2 heterocycles. The molecule has 0 spiro atoms. The molecule has 35 heavy (non-hydrogen) atoms. The van der Waals surface area contributed by atoms with Crippen LogP contribution >= 0.6 is 11.3 Å². The summed E-state index contributed by atoms with van der Waals surface area (Å²) in [5, 5.41) is 1.00. The van der Waals surface area contributed by atoms with Gasteiger partial charge in [-0.15, -0.1) is 0 Å². The van der Waals surface area contributed by atoms with Crippen LogP contribution in [0.2, 0.25) is 0 Å². The maximum Gasteiger partial charge on any atom is 0.253 e. The number of hydrogen-bond acceptors (Lipinski definition) is 6. The fourth-order valence-corrected chi connectivity index (χ4v) is 7.22. The molecule has 9 heteroatoms. The maximum atomic E-state index is 13.1. The Kier molecular flexibility index (Phi) is 7.78. The number of amides is 1. The fraction of sp³-hybridized carbons (Fsp3) is 0.462. The number of aryl methyl sites for hydroxylation is 2. The van der Waals surface area contributed by atoms with Crippen LogP contribution in [0.3, 0.4) is 0 Å². The van der Waals surface area contributed by atoms with Crippen molar-refractivity contribution in [2.75, 3.05) is 44.2 Å². The van der Waals surface area contributed by atoms with E-state index in [2.05, 4.69) is 30.9 Å². The predicted molar refractivity (Wildman–Crippen MR) is 143 cm³/mol. The molecule has 0 atom stereocenters. The smallest absolute Gasteiger partial charge is 0.253 e. The zero-order valence-corrected chi connectivity index (χ0v) is 22.6. The minimum Gasteiger partial charge on any atom is -0.345 e. The number of benzene rings is 2. The SMILES string of the molecule is CCCN(CCC)S(=O)(=O)c1ccc(C(=O)N2CCN(c3nc4c(C)ccc(C)c4s3)CC2)cc1. The third kappa shape index (κ3) is 5.22. The quantitative estimate of drug-likeness (QED) is 0.436. The Bertz CT molecular complexity index is 1250. The van der Waals surface area contributed by atoms with Gasteiger partial charge in [0.05, 0.1) is 15.1 Å². The van der Waals surface area contributed by atoms with Crippen molar-refractivity contribution < 1.29 is 13.2 Å².